The number of alkyl halides is 3. The molecule has 9 heteroatoms. The second-order valence-corrected chi connectivity index (χ2v) is 7.43. The first-order chi connectivity index (χ1) is 10.2. The fourth-order valence-corrected chi connectivity index (χ4v) is 4.67. The highest BCUT2D eigenvalue weighted by Gasteiger charge is 2.41. The van der Waals surface area contributed by atoms with Crippen LogP contribution in [0.25, 0.3) is 0 Å². The highest BCUT2D eigenvalue weighted by molar-refractivity contribution is 7.89. The van der Waals surface area contributed by atoms with Gasteiger partial charge in [0.05, 0.1) is 10.5 Å². The molecule has 4 nitrogen and oxygen atoms in total. The van der Waals surface area contributed by atoms with Crippen molar-refractivity contribution in [2.24, 2.45) is 5.73 Å². The molecule has 0 saturated carbocycles. The minimum absolute atomic E-state index is 0.0776. The molecule has 0 amide bonds. The van der Waals surface area contributed by atoms with Gasteiger partial charge >= 0.3 is 6.18 Å². The molecule has 1 aromatic carbocycles. The Morgan fingerprint density at radius 1 is 1.32 bits per heavy atom. The molecule has 1 aliphatic heterocycles. The van der Waals surface area contributed by atoms with E-state index in [1.165, 1.54) is 0 Å². The minimum atomic E-state index is -4.80. The molecule has 0 spiro atoms. The fourth-order valence-electron chi connectivity index (χ4n) is 2.60. The maximum atomic E-state index is 13.1. The minimum Gasteiger partial charge on any atom is -0.329 e. The number of nitrogens with zero attached hydrogens (tertiary/aromatic N) is 1. The Morgan fingerprint density at radius 3 is 2.59 bits per heavy atom. The van der Waals surface area contributed by atoms with Crippen LogP contribution in [0.3, 0.4) is 0 Å². The van der Waals surface area contributed by atoms with Crippen molar-refractivity contribution in [2.45, 2.75) is 36.4 Å². The van der Waals surface area contributed by atoms with Crippen LogP contribution in [0.5, 0.6) is 0 Å². The zero-order valence-corrected chi connectivity index (χ0v) is 13.2. The van der Waals surface area contributed by atoms with Gasteiger partial charge in [-0.05, 0) is 31.0 Å². The van der Waals surface area contributed by atoms with E-state index in [9.17, 15) is 21.6 Å². The predicted octanol–water partition coefficient (Wildman–Crippen LogP) is 2.86. The zero-order chi connectivity index (χ0) is 16.5. The van der Waals surface area contributed by atoms with Crippen LogP contribution in [-0.2, 0) is 16.2 Å². The summed E-state index contributed by atoms with van der Waals surface area (Å²) < 4.78 is 65.8. The SMILES string of the molecule is NCC1CCCCN1S(=O)(=O)c1ccc(Cl)cc1C(F)(F)F. The van der Waals surface area contributed by atoms with Crippen LogP contribution in [0.4, 0.5) is 13.2 Å². The van der Waals surface area contributed by atoms with Crippen molar-refractivity contribution in [3.8, 4) is 0 Å². The van der Waals surface area contributed by atoms with E-state index in [2.05, 4.69) is 0 Å². The van der Waals surface area contributed by atoms with Gasteiger partial charge in [0.25, 0.3) is 0 Å². The molecule has 0 radical (unpaired) electrons. The van der Waals surface area contributed by atoms with E-state index in [0.29, 0.717) is 18.9 Å². The van der Waals surface area contributed by atoms with Crippen LogP contribution in [0.2, 0.25) is 5.02 Å². The smallest absolute Gasteiger partial charge is 0.329 e. The Bertz CT molecular complexity index is 649. The molecule has 2 rings (SSSR count). The summed E-state index contributed by atoms with van der Waals surface area (Å²) >= 11 is 5.59. The van der Waals surface area contributed by atoms with Crippen molar-refractivity contribution in [1.29, 1.82) is 0 Å². The average Bonchev–Trinajstić information content (AvgIpc) is 2.46. The Kier molecular flexibility index (Phi) is 5.06. The summed E-state index contributed by atoms with van der Waals surface area (Å²) in [7, 11) is -4.28. The monoisotopic (exact) mass is 356 g/mol. The van der Waals surface area contributed by atoms with Crippen molar-refractivity contribution in [3.63, 3.8) is 0 Å². The van der Waals surface area contributed by atoms with Crippen molar-refractivity contribution in [2.75, 3.05) is 13.1 Å². The highest BCUT2D eigenvalue weighted by atomic mass is 35.5. The lowest BCUT2D eigenvalue weighted by molar-refractivity contribution is -0.139. The van der Waals surface area contributed by atoms with Gasteiger partial charge in [-0.1, -0.05) is 18.0 Å². The molecule has 0 aliphatic carbocycles. The number of benzene rings is 1. The Balaban J connectivity index is 2.54. The largest absolute Gasteiger partial charge is 0.417 e. The number of nitrogens with two attached hydrogens (primary N) is 1. The van der Waals surface area contributed by atoms with Crippen molar-refractivity contribution < 1.29 is 21.6 Å². The first-order valence-corrected chi connectivity index (χ1v) is 8.58. The summed E-state index contributed by atoms with van der Waals surface area (Å²) in [6, 6.07) is 2.21. The summed E-state index contributed by atoms with van der Waals surface area (Å²) in [5.74, 6) is 0. The van der Waals surface area contributed by atoms with Crippen LogP contribution >= 0.6 is 11.6 Å². The summed E-state index contributed by atoms with van der Waals surface area (Å²) in [4.78, 5) is -0.773. The highest BCUT2D eigenvalue weighted by Crippen LogP contribution is 2.38. The molecule has 2 N–H and O–H groups in total. The second kappa shape index (κ2) is 6.35. The lowest BCUT2D eigenvalue weighted by Crippen LogP contribution is -2.47. The van der Waals surface area contributed by atoms with Gasteiger partial charge in [0.2, 0.25) is 10.0 Å². The summed E-state index contributed by atoms with van der Waals surface area (Å²) in [5, 5.41) is -0.166. The van der Waals surface area contributed by atoms with Crippen LogP contribution in [0.15, 0.2) is 23.1 Å². The van der Waals surface area contributed by atoms with Gasteiger partial charge in [0.15, 0.2) is 0 Å². The Labute approximate surface area is 132 Å². The zero-order valence-electron chi connectivity index (χ0n) is 11.6. The van der Waals surface area contributed by atoms with Gasteiger partial charge < -0.3 is 5.73 Å². The fraction of sp³-hybridized carbons (Fsp3) is 0.538. The van der Waals surface area contributed by atoms with Gasteiger partial charge in [0, 0.05) is 24.2 Å². The Hall–Kier alpha value is -0.830. The van der Waals surface area contributed by atoms with E-state index in [-0.39, 0.29) is 18.1 Å². The van der Waals surface area contributed by atoms with Crippen molar-refractivity contribution in [1.82, 2.24) is 4.31 Å². The average molecular weight is 357 g/mol. The molecule has 1 heterocycles. The first-order valence-electron chi connectivity index (χ1n) is 6.76. The van der Waals surface area contributed by atoms with E-state index >= 15 is 0 Å². The normalized spacial score (nSPS) is 21.0. The third kappa shape index (κ3) is 3.40. The number of sulfonamides is 1. The summed E-state index contributed by atoms with van der Waals surface area (Å²) in [6.45, 7) is 0.248. The van der Waals surface area contributed by atoms with Gasteiger partial charge in [-0.3, -0.25) is 0 Å². The number of rotatable bonds is 3. The quantitative estimate of drug-likeness (QED) is 0.905. The van der Waals surface area contributed by atoms with E-state index in [4.69, 9.17) is 17.3 Å². The summed E-state index contributed by atoms with van der Waals surface area (Å²) in [6.07, 6.45) is -2.85. The van der Waals surface area contributed by atoms with Gasteiger partial charge in [-0.15, -0.1) is 0 Å². The van der Waals surface area contributed by atoms with E-state index in [1.807, 2.05) is 0 Å². The topological polar surface area (TPSA) is 63.4 Å². The molecule has 124 valence electrons. The van der Waals surface area contributed by atoms with Crippen LogP contribution in [0.1, 0.15) is 24.8 Å². The first kappa shape index (κ1) is 17.5. The molecule has 1 unspecified atom stereocenters. The Morgan fingerprint density at radius 2 is 2.00 bits per heavy atom. The van der Waals surface area contributed by atoms with Crippen LogP contribution < -0.4 is 5.73 Å². The lowest BCUT2D eigenvalue weighted by Gasteiger charge is -2.34. The third-order valence-electron chi connectivity index (χ3n) is 3.68. The van der Waals surface area contributed by atoms with Gasteiger partial charge in [-0.25, -0.2) is 8.42 Å². The van der Waals surface area contributed by atoms with Crippen molar-refractivity contribution >= 4 is 21.6 Å². The molecule has 1 fully saturated rings. The standard InChI is InChI=1S/C13H16ClF3N2O2S/c14-9-4-5-12(11(7-9)13(15,16)17)22(20,21)19-6-2-1-3-10(19)8-18/h4-5,7,10H,1-3,6,8,18H2. The van der Waals surface area contributed by atoms with E-state index < -0.39 is 32.7 Å². The number of hydrogen-bond acceptors (Lipinski definition) is 3. The maximum absolute atomic E-state index is 13.1. The molecule has 0 bridgehead atoms. The number of piperidine rings is 1. The predicted molar refractivity (Wildman–Crippen MR) is 77.0 cm³/mol. The van der Waals surface area contributed by atoms with E-state index in [0.717, 1.165) is 22.9 Å². The van der Waals surface area contributed by atoms with Gasteiger partial charge in [0.1, 0.15) is 0 Å². The molecule has 1 atom stereocenters. The maximum Gasteiger partial charge on any atom is 0.417 e. The van der Waals surface area contributed by atoms with Crippen LogP contribution in [0, 0.1) is 0 Å². The van der Waals surface area contributed by atoms with Crippen molar-refractivity contribution in [3.05, 3.63) is 28.8 Å². The van der Waals surface area contributed by atoms with E-state index in [1.54, 1.807) is 0 Å². The molecular weight excluding hydrogens is 341 g/mol. The molecule has 1 aromatic rings. The molecule has 22 heavy (non-hydrogen) atoms. The van der Waals surface area contributed by atoms with Gasteiger partial charge in [-0.2, -0.15) is 17.5 Å². The molecule has 1 aliphatic rings. The molecular formula is C13H16ClF3N2O2S. The number of hydrogen-bond donors (Lipinski definition) is 1. The molecule has 1 saturated heterocycles. The second-order valence-electron chi connectivity index (χ2n) is 5.14. The number of halogens is 4. The summed E-state index contributed by atoms with van der Waals surface area (Å²) in [5.41, 5.74) is 4.32. The third-order valence-corrected chi connectivity index (χ3v) is 5.92. The lowest BCUT2D eigenvalue weighted by atomic mass is 10.1. The molecule has 0 aromatic heterocycles. The van der Waals surface area contributed by atoms with Crippen LogP contribution in [-0.4, -0.2) is 31.9 Å².